The molecule has 3 aliphatic rings. The molecule has 3 heteroatoms. The topological polar surface area (TPSA) is 46.5 Å². The molecule has 3 rings (SSSR count). The molecule has 1 saturated heterocycles. The van der Waals surface area contributed by atoms with Crippen molar-refractivity contribution in [2.45, 2.75) is 63.3 Å². The number of Topliss-reactive ketones (excluding diaryl/α,β-unsaturated/α-hetero) is 1. The second kappa shape index (κ2) is 3.08. The third-order valence-electron chi connectivity index (χ3n) is 5.06. The number of ether oxygens (including phenoxy) is 1. The number of aliphatic hydroxyl groups excluding tert-OH is 1. The Morgan fingerprint density at radius 3 is 2.69 bits per heavy atom. The van der Waals surface area contributed by atoms with Crippen LogP contribution in [0.15, 0.2) is 0 Å². The lowest BCUT2D eigenvalue weighted by molar-refractivity contribution is -0.189. The van der Waals surface area contributed by atoms with Crippen LogP contribution in [0.5, 0.6) is 0 Å². The maximum atomic E-state index is 11.7. The van der Waals surface area contributed by atoms with Crippen molar-refractivity contribution in [1.82, 2.24) is 0 Å². The van der Waals surface area contributed by atoms with Crippen LogP contribution in [0.3, 0.4) is 0 Å². The molecule has 0 radical (unpaired) electrons. The van der Waals surface area contributed by atoms with Crippen LogP contribution in [-0.2, 0) is 9.53 Å². The van der Waals surface area contributed by atoms with Crippen molar-refractivity contribution in [3.63, 3.8) is 0 Å². The lowest BCUT2D eigenvalue weighted by atomic mass is 9.63. The van der Waals surface area contributed by atoms with Gasteiger partial charge in [-0.2, -0.15) is 0 Å². The normalized spacial score (nSPS) is 50.2. The van der Waals surface area contributed by atoms with E-state index in [0.717, 1.165) is 19.3 Å². The van der Waals surface area contributed by atoms with Gasteiger partial charge in [-0.25, -0.2) is 0 Å². The second-order valence-electron chi connectivity index (χ2n) is 6.24. The number of hydrogen-bond acceptors (Lipinski definition) is 3. The quantitative estimate of drug-likeness (QED) is 0.681. The standard InChI is InChI=1S/C13H20O3/c1-12(2)9-4-3-8-5-6-10(14)11(15)13(8,7-9)16-12/h8-9,11,15H,3-7H2,1-2H3. The fourth-order valence-electron chi connectivity index (χ4n) is 4.10. The molecule has 1 spiro atoms. The van der Waals surface area contributed by atoms with Gasteiger partial charge in [-0.15, -0.1) is 0 Å². The fraction of sp³-hybridized carbons (Fsp3) is 0.923. The van der Waals surface area contributed by atoms with Gasteiger partial charge in [0.05, 0.1) is 5.60 Å². The van der Waals surface area contributed by atoms with Gasteiger partial charge >= 0.3 is 0 Å². The number of rotatable bonds is 0. The van der Waals surface area contributed by atoms with E-state index in [1.54, 1.807) is 0 Å². The average molecular weight is 224 g/mol. The largest absolute Gasteiger partial charge is 0.382 e. The van der Waals surface area contributed by atoms with Crippen molar-refractivity contribution in [3.05, 3.63) is 0 Å². The molecule has 3 fully saturated rings. The van der Waals surface area contributed by atoms with E-state index in [1.807, 2.05) is 0 Å². The Balaban J connectivity index is 2.00. The zero-order valence-corrected chi connectivity index (χ0v) is 10.0. The van der Waals surface area contributed by atoms with Crippen LogP contribution < -0.4 is 0 Å². The molecule has 2 aliphatic carbocycles. The first kappa shape index (κ1) is 10.7. The summed E-state index contributed by atoms with van der Waals surface area (Å²) in [6.45, 7) is 4.20. The molecule has 0 aromatic heterocycles. The van der Waals surface area contributed by atoms with Crippen LogP contribution in [-0.4, -0.2) is 28.2 Å². The highest BCUT2D eigenvalue weighted by molar-refractivity contribution is 5.85. The zero-order valence-electron chi connectivity index (χ0n) is 10.0. The Labute approximate surface area is 96.2 Å². The van der Waals surface area contributed by atoms with Crippen LogP contribution in [0, 0.1) is 11.8 Å². The lowest BCUT2D eigenvalue weighted by Crippen LogP contribution is -2.56. The predicted molar refractivity (Wildman–Crippen MR) is 59.0 cm³/mol. The molecule has 1 aliphatic heterocycles. The Morgan fingerprint density at radius 1 is 1.25 bits per heavy atom. The molecule has 0 amide bonds. The first-order valence-corrected chi connectivity index (χ1v) is 6.37. The molecule has 2 bridgehead atoms. The summed E-state index contributed by atoms with van der Waals surface area (Å²) in [4.78, 5) is 11.7. The number of ketones is 1. The highest BCUT2D eigenvalue weighted by Gasteiger charge is 2.63. The molecular weight excluding hydrogens is 204 g/mol. The Kier molecular flexibility index (Phi) is 2.06. The number of fused-ring (bicyclic) bond motifs is 1. The van der Waals surface area contributed by atoms with Crippen molar-refractivity contribution >= 4 is 5.78 Å². The van der Waals surface area contributed by atoms with E-state index in [2.05, 4.69) is 13.8 Å². The number of aliphatic hydroxyl groups is 1. The highest BCUT2D eigenvalue weighted by Crippen LogP contribution is 2.57. The number of carbonyl (C=O) groups is 1. The third kappa shape index (κ3) is 1.19. The molecule has 2 saturated carbocycles. The van der Waals surface area contributed by atoms with Gasteiger partial charge in [0.1, 0.15) is 11.7 Å². The SMILES string of the molecule is CC1(C)OC23CC1CCC2CCC(=O)C3O. The average Bonchev–Trinajstić information content (AvgIpc) is 2.43. The summed E-state index contributed by atoms with van der Waals surface area (Å²) in [7, 11) is 0. The van der Waals surface area contributed by atoms with Crippen molar-refractivity contribution in [2.24, 2.45) is 11.8 Å². The Hall–Kier alpha value is -0.410. The highest BCUT2D eigenvalue weighted by atomic mass is 16.5. The molecule has 4 unspecified atom stereocenters. The van der Waals surface area contributed by atoms with Gasteiger partial charge in [0.15, 0.2) is 5.78 Å². The first-order valence-electron chi connectivity index (χ1n) is 6.37. The van der Waals surface area contributed by atoms with E-state index in [9.17, 15) is 9.90 Å². The second-order valence-corrected chi connectivity index (χ2v) is 6.24. The van der Waals surface area contributed by atoms with Gasteiger partial charge in [0.25, 0.3) is 0 Å². The van der Waals surface area contributed by atoms with Crippen molar-refractivity contribution in [1.29, 1.82) is 0 Å². The molecule has 3 nitrogen and oxygen atoms in total. The van der Waals surface area contributed by atoms with E-state index in [-0.39, 0.29) is 11.4 Å². The maximum absolute atomic E-state index is 11.7. The number of hydrogen-bond donors (Lipinski definition) is 1. The van der Waals surface area contributed by atoms with Gasteiger partial charge < -0.3 is 9.84 Å². The van der Waals surface area contributed by atoms with Crippen LogP contribution in [0.4, 0.5) is 0 Å². The minimum atomic E-state index is -0.879. The molecule has 4 atom stereocenters. The van der Waals surface area contributed by atoms with E-state index < -0.39 is 11.7 Å². The molecule has 90 valence electrons. The Morgan fingerprint density at radius 2 is 1.94 bits per heavy atom. The van der Waals surface area contributed by atoms with Gasteiger partial charge in [-0.1, -0.05) is 0 Å². The summed E-state index contributed by atoms with van der Waals surface area (Å²) >= 11 is 0. The first-order chi connectivity index (χ1) is 7.46. The summed E-state index contributed by atoms with van der Waals surface area (Å²) in [6, 6.07) is 0. The van der Waals surface area contributed by atoms with E-state index in [1.165, 1.54) is 6.42 Å². The van der Waals surface area contributed by atoms with Gasteiger partial charge in [-0.3, -0.25) is 4.79 Å². The maximum Gasteiger partial charge on any atom is 0.164 e. The van der Waals surface area contributed by atoms with E-state index in [4.69, 9.17) is 4.74 Å². The van der Waals surface area contributed by atoms with Crippen molar-refractivity contribution < 1.29 is 14.6 Å². The fourth-order valence-corrected chi connectivity index (χ4v) is 4.10. The van der Waals surface area contributed by atoms with Crippen LogP contribution in [0.2, 0.25) is 0 Å². The smallest absolute Gasteiger partial charge is 0.164 e. The molecule has 16 heavy (non-hydrogen) atoms. The zero-order chi connectivity index (χ0) is 11.6. The molecular formula is C13H20O3. The predicted octanol–water partition coefficient (Wildman–Crippen LogP) is 1.67. The summed E-state index contributed by atoms with van der Waals surface area (Å²) in [5.74, 6) is 0.872. The van der Waals surface area contributed by atoms with Gasteiger partial charge in [0.2, 0.25) is 0 Å². The van der Waals surface area contributed by atoms with E-state index in [0.29, 0.717) is 18.3 Å². The van der Waals surface area contributed by atoms with Crippen molar-refractivity contribution in [3.8, 4) is 0 Å². The third-order valence-corrected chi connectivity index (χ3v) is 5.06. The minimum absolute atomic E-state index is 0.0189. The molecule has 0 aromatic carbocycles. The van der Waals surface area contributed by atoms with Gasteiger partial charge in [0, 0.05) is 6.42 Å². The molecule has 1 heterocycles. The summed E-state index contributed by atoms with van der Waals surface area (Å²) in [5.41, 5.74) is -0.713. The Bertz CT molecular complexity index is 336. The van der Waals surface area contributed by atoms with E-state index >= 15 is 0 Å². The lowest BCUT2D eigenvalue weighted by Gasteiger charge is -2.45. The summed E-state index contributed by atoms with van der Waals surface area (Å²) in [5, 5.41) is 10.2. The van der Waals surface area contributed by atoms with Gasteiger partial charge in [-0.05, 0) is 51.4 Å². The number of carbonyl (C=O) groups excluding carboxylic acids is 1. The van der Waals surface area contributed by atoms with Crippen molar-refractivity contribution in [2.75, 3.05) is 0 Å². The van der Waals surface area contributed by atoms with Crippen LogP contribution in [0.25, 0.3) is 0 Å². The minimum Gasteiger partial charge on any atom is -0.382 e. The molecule has 1 N–H and O–H groups in total. The van der Waals surface area contributed by atoms with Crippen LogP contribution >= 0.6 is 0 Å². The summed E-state index contributed by atoms with van der Waals surface area (Å²) in [6.07, 6.45) is 3.72. The summed E-state index contributed by atoms with van der Waals surface area (Å²) < 4.78 is 6.18. The van der Waals surface area contributed by atoms with Crippen LogP contribution in [0.1, 0.15) is 46.0 Å². The monoisotopic (exact) mass is 224 g/mol. The molecule has 0 aromatic rings.